The Kier molecular flexibility index (Phi) is 4.48. The van der Waals surface area contributed by atoms with Gasteiger partial charge in [0.2, 0.25) is 0 Å². The van der Waals surface area contributed by atoms with Crippen LogP contribution in [0.25, 0.3) is 0 Å². The van der Waals surface area contributed by atoms with Gasteiger partial charge in [-0.05, 0) is 30.9 Å². The van der Waals surface area contributed by atoms with Crippen molar-refractivity contribution < 1.29 is 9.84 Å². The Morgan fingerprint density at radius 3 is 2.67 bits per heavy atom. The summed E-state index contributed by atoms with van der Waals surface area (Å²) in [6, 6.07) is 5.43. The van der Waals surface area contributed by atoms with Crippen molar-refractivity contribution in [3.05, 3.63) is 23.8 Å². The highest BCUT2D eigenvalue weighted by Gasteiger charge is 2.24. The van der Waals surface area contributed by atoms with Crippen molar-refractivity contribution in [3.8, 4) is 11.5 Å². The van der Waals surface area contributed by atoms with Crippen LogP contribution in [0.3, 0.4) is 0 Å². The Balaban J connectivity index is 2.09. The molecular weight excluding hydrogens is 226 g/mol. The summed E-state index contributed by atoms with van der Waals surface area (Å²) in [5.74, 6) is 1.13. The third kappa shape index (κ3) is 2.96. The van der Waals surface area contributed by atoms with Crippen LogP contribution in [0, 0.1) is 0 Å². The number of hydrogen-bond donors (Lipinski definition) is 1. The number of aryl methyl sites for hydroxylation is 1. The zero-order valence-corrected chi connectivity index (χ0v) is 11.4. The average molecular weight is 249 g/mol. The predicted molar refractivity (Wildman–Crippen MR) is 73.0 cm³/mol. The van der Waals surface area contributed by atoms with Crippen LogP contribution in [0.1, 0.15) is 38.7 Å². The van der Waals surface area contributed by atoms with E-state index in [0.29, 0.717) is 0 Å². The number of rotatable bonds is 5. The zero-order valence-electron chi connectivity index (χ0n) is 11.4. The summed E-state index contributed by atoms with van der Waals surface area (Å²) in [4.78, 5) is 2.41. The molecule has 18 heavy (non-hydrogen) atoms. The van der Waals surface area contributed by atoms with E-state index in [4.69, 9.17) is 4.74 Å². The Bertz CT molecular complexity index is 386. The molecule has 1 aliphatic heterocycles. The second kappa shape index (κ2) is 6.10. The molecule has 0 bridgehead atoms. The molecule has 2 rings (SSSR count). The van der Waals surface area contributed by atoms with Crippen LogP contribution < -0.4 is 4.74 Å². The standard InChI is InChI=1S/C15H23NO2/c1-3-9-16(10-4-2)15-8-6-12-5-7-13(17)11-14(12)18-15/h5,7,11,15,17H,3-4,6,8-10H2,1-2H3. The van der Waals surface area contributed by atoms with Crippen molar-refractivity contribution in [1.82, 2.24) is 4.90 Å². The van der Waals surface area contributed by atoms with E-state index in [9.17, 15) is 5.11 Å². The van der Waals surface area contributed by atoms with Gasteiger partial charge >= 0.3 is 0 Å². The molecule has 0 spiro atoms. The van der Waals surface area contributed by atoms with E-state index in [1.165, 1.54) is 5.56 Å². The topological polar surface area (TPSA) is 32.7 Å². The summed E-state index contributed by atoms with van der Waals surface area (Å²) in [5.41, 5.74) is 1.21. The van der Waals surface area contributed by atoms with Gasteiger partial charge in [0.1, 0.15) is 11.5 Å². The van der Waals surface area contributed by atoms with Crippen LogP contribution >= 0.6 is 0 Å². The van der Waals surface area contributed by atoms with Gasteiger partial charge in [-0.25, -0.2) is 0 Å². The lowest BCUT2D eigenvalue weighted by Gasteiger charge is -2.35. The fourth-order valence-corrected chi connectivity index (χ4v) is 2.58. The summed E-state index contributed by atoms with van der Waals surface area (Å²) in [6.07, 6.45) is 4.53. The smallest absolute Gasteiger partial charge is 0.153 e. The lowest BCUT2D eigenvalue weighted by molar-refractivity contribution is 0.00935. The molecule has 0 amide bonds. The molecule has 1 heterocycles. The van der Waals surface area contributed by atoms with Crippen molar-refractivity contribution in [2.75, 3.05) is 13.1 Å². The van der Waals surface area contributed by atoms with E-state index in [-0.39, 0.29) is 12.0 Å². The molecule has 1 unspecified atom stereocenters. The quantitative estimate of drug-likeness (QED) is 0.870. The minimum Gasteiger partial charge on any atom is -0.508 e. The first-order valence-corrected chi connectivity index (χ1v) is 6.97. The first-order chi connectivity index (χ1) is 8.74. The van der Waals surface area contributed by atoms with Gasteiger partial charge in [-0.1, -0.05) is 19.9 Å². The van der Waals surface area contributed by atoms with Crippen LogP contribution in [0.15, 0.2) is 18.2 Å². The third-order valence-electron chi connectivity index (χ3n) is 3.40. The van der Waals surface area contributed by atoms with E-state index in [0.717, 1.165) is 44.5 Å². The third-order valence-corrected chi connectivity index (χ3v) is 3.40. The highest BCUT2D eigenvalue weighted by Crippen LogP contribution is 2.31. The maximum absolute atomic E-state index is 9.53. The van der Waals surface area contributed by atoms with Crippen LogP contribution in [0.2, 0.25) is 0 Å². The summed E-state index contributed by atoms with van der Waals surface area (Å²) < 4.78 is 6.05. The lowest BCUT2D eigenvalue weighted by atomic mass is 10.0. The molecule has 3 nitrogen and oxygen atoms in total. The first kappa shape index (κ1) is 13.2. The molecule has 0 radical (unpaired) electrons. The van der Waals surface area contributed by atoms with Crippen LogP contribution in [0.4, 0.5) is 0 Å². The number of benzene rings is 1. The second-order valence-electron chi connectivity index (χ2n) is 4.94. The van der Waals surface area contributed by atoms with E-state index >= 15 is 0 Å². The minimum absolute atomic E-state index is 0.166. The van der Waals surface area contributed by atoms with E-state index in [1.54, 1.807) is 12.1 Å². The SMILES string of the molecule is CCCN(CCC)C1CCc2ccc(O)cc2O1. The number of ether oxygens (including phenoxy) is 1. The van der Waals surface area contributed by atoms with Crippen molar-refractivity contribution in [1.29, 1.82) is 0 Å². The molecule has 0 saturated carbocycles. The van der Waals surface area contributed by atoms with Gasteiger partial charge in [0.15, 0.2) is 6.23 Å². The number of fused-ring (bicyclic) bond motifs is 1. The molecule has 0 saturated heterocycles. The predicted octanol–water partition coefficient (Wildman–Crippen LogP) is 3.17. The fraction of sp³-hybridized carbons (Fsp3) is 0.600. The normalized spacial score (nSPS) is 18.5. The van der Waals surface area contributed by atoms with Crippen LogP contribution in [-0.4, -0.2) is 29.3 Å². The van der Waals surface area contributed by atoms with Gasteiger partial charge in [0, 0.05) is 25.6 Å². The number of nitrogens with zero attached hydrogens (tertiary/aromatic N) is 1. The van der Waals surface area contributed by atoms with Gasteiger partial charge in [-0.3, -0.25) is 4.90 Å². The number of aromatic hydroxyl groups is 1. The Morgan fingerprint density at radius 1 is 1.28 bits per heavy atom. The Labute approximate surface area is 109 Å². The van der Waals surface area contributed by atoms with Crippen molar-refractivity contribution in [3.63, 3.8) is 0 Å². The van der Waals surface area contributed by atoms with Gasteiger partial charge in [-0.15, -0.1) is 0 Å². The molecular formula is C15H23NO2. The van der Waals surface area contributed by atoms with Gasteiger partial charge in [-0.2, -0.15) is 0 Å². The number of phenolic OH excluding ortho intramolecular Hbond substituents is 1. The largest absolute Gasteiger partial charge is 0.508 e. The summed E-state index contributed by atoms with van der Waals surface area (Å²) >= 11 is 0. The van der Waals surface area contributed by atoms with Crippen LogP contribution in [0.5, 0.6) is 11.5 Å². The fourth-order valence-electron chi connectivity index (χ4n) is 2.58. The highest BCUT2D eigenvalue weighted by molar-refractivity contribution is 5.41. The van der Waals surface area contributed by atoms with Gasteiger partial charge in [0.25, 0.3) is 0 Å². The molecule has 1 N–H and O–H groups in total. The van der Waals surface area contributed by atoms with Crippen molar-refractivity contribution >= 4 is 0 Å². The molecule has 0 fully saturated rings. The van der Waals surface area contributed by atoms with E-state index in [2.05, 4.69) is 18.7 Å². The number of hydrogen-bond acceptors (Lipinski definition) is 3. The van der Waals surface area contributed by atoms with Gasteiger partial charge in [0.05, 0.1) is 0 Å². The molecule has 1 aromatic carbocycles. The molecule has 1 atom stereocenters. The average Bonchev–Trinajstić information content (AvgIpc) is 2.37. The van der Waals surface area contributed by atoms with Gasteiger partial charge < -0.3 is 9.84 Å². The maximum atomic E-state index is 9.53. The molecule has 0 aromatic heterocycles. The molecule has 3 heteroatoms. The van der Waals surface area contributed by atoms with Crippen LogP contribution in [-0.2, 0) is 6.42 Å². The zero-order chi connectivity index (χ0) is 13.0. The molecule has 1 aliphatic rings. The van der Waals surface area contributed by atoms with Crippen molar-refractivity contribution in [2.45, 2.75) is 45.8 Å². The molecule has 100 valence electrons. The Hall–Kier alpha value is -1.22. The summed E-state index contributed by atoms with van der Waals surface area (Å²) in [5, 5.41) is 9.53. The summed E-state index contributed by atoms with van der Waals surface area (Å²) in [6.45, 7) is 6.55. The van der Waals surface area contributed by atoms with Crippen molar-refractivity contribution in [2.24, 2.45) is 0 Å². The molecule has 0 aliphatic carbocycles. The molecule has 1 aromatic rings. The van der Waals surface area contributed by atoms with E-state index in [1.807, 2.05) is 6.07 Å². The minimum atomic E-state index is 0.166. The first-order valence-electron chi connectivity index (χ1n) is 6.97. The lowest BCUT2D eigenvalue weighted by Crippen LogP contribution is -2.42. The van der Waals surface area contributed by atoms with E-state index < -0.39 is 0 Å². The maximum Gasteiger partial charge on any atom is 0.153 e. The highest BCUT2D eigenvalue weighted by atomic mass is 16.5. The summed E-state index contributed by atoms with van der Waals surface area (Å²) in [7, 11) is 0. The second-order valence-corrected chi connectivity index (χ2v) is 4.94. The Morgan fingerprint density at radius 2 is 2.00 bits per heavy atom. The monoisotopic (exact) mass is 249 g/mol. The number of phenols is 1.